The normalized spacial score (nSPS) is 10.8. The molecule has 19 heavy (non-hydrogen) atoms. The Kier molecular flexibility index (Phi) is 9.40. The van der Waals surface area contributed by atoms with E-state index in [0.717, 1.165) is 6.54 Å². The van der Waals surface area contributed by atoms with Crippen molar-refractivity contribution in [1.82, 2.24) is 0 Å². The fourth-order valence-electron chi connectivity index (χ4n) is 2.43. The summed E-state index contributed by atoms with van der Waals surface area (Å²) in [4.78, 5) is 0. The number of aryl methyl sites for hydroxylation is 2. The van der Waals surface area contributed by atoms with Gasteiger partial charge in [0.25, 0.3) is 0 Å². The average Bonchev–Trinajstić information content (AvgIpc) is 2.45. The second-order valence-electron chi connectivity index (χ2n) is 5.67. The first-order valence-electron chi connectivity index (χ1n) is 8.34. The van der Waals surface area contributed by atoms with Gasteiger partial charge in [0.1, 0.15) is 6.54 Å². The Balaban J connectivity index is 2.09. The fourth-order valence-corrected chi connectivity index (χ4v) is 2.43. The lowest BCUT2D eigenvalue weighted by molar-refractivity contribution is -0.697. The van der Waals surface area contributed by atoms with Crippen molar-refractivity contribution >= 4 is 0 Å². The lowest BCUT2D eigenvalue weighted by Gasteiger charge is -2.02. The van der Waals surface area contributed by atoms with E-state index in [9.17, 15) is 0 Å². The average molecular weight is 262 g/mol. The van der Waals surface area contributed by atoms with E-state index in [1.807, 2.05) is 0 Å². The van der Waals surface area contributed by atoms with Crippen LogP contribution in [0.15, 0.2) is 24.5 Å². The molecule has 0 N–H and O–H groups in total. The standard InChI is InChI=1S/C18H32N/c1-3-5-7-8-9-10-11-12-18-13-16-19(17-14-18)15-6-4-2/h13-14,16-17H,3-12,15H2,1-2H3/q+1. The summed E-state index contributed by atoms with van der Waals surface area (Å²) < 4.78 is 2.30. The first kappa shape index (κ1) is 16.2. The molecule has 0 atom stereocenters. The van der Waals surface area contributed by atoms with Gasteiger partial charge in [0.15, 0.2) is 12.4 Å². The minimum atomic E-state index is 1.16. The van der Waals surface area contributed by atoms with Crippen LogP contribution < -0.4 is 4.57 Å². The molecule has 0 unspecified atom stereocenters. The molecule has 0 aliphatic rings. The van der Waals surface area contributed by atoms with Crippen molar-refractivity contribution in [1.29, 1.82) is 0 Å². The molecule has 0 bridgehead atoms. The molecule has 0 spiro atoms. The molecule has 0 radical (unpaired) electrons. The zero-order valence-corrected chi connectivity index (χ0v) is 13.0. The van der Waals surface area contributed by atoms with Gasteiger partial charge in [-0.1, -0.05) is 58.8 Å². The van der Waals surface area contributed by atoms with Gasteiger partial charge in [-0.15, -0.1) is 0 Å². The number of rotatable bonds is 11. The maximum absolute atomic E-state index is 2.30. The van der Waals surface area contributed by atoms with Crippen LogP contribution in [0.1, 0.15) is 77.2 Å². The van der Waals surface area contributed by atoms with Gasteiger partial charge in [-0.3, -0.25) is 0 Å². The molecular formula is C18H32N+. The largest absolute Gasteiger partial charge is 0.205 e. The topological polar surface area (TPSA) is 3.88 Å². The van der Waals surface area contributed by atoms with Crippen molar-refractivity contribution in [2.24, 2.45) is 0 Å². The number of aromatic nitrogens is 1. The first-order chi connectivity index (χ1) is 9.36. The van der Waals surface area contributed by atoms with Crippen molar-refractivity contribution in [3.63, 3.8) is 0 Å². The molecular weight excluding hydrogens is 230 g/mol. The monoisotopic (exact) mass is 262 g/mol. The molecule has 0 aliphatic carbocycles. The van der Waals surface area contributed by atoms with Crippen LogP contribution in [0.3, 0.4) is 0 Å². The van der Waals surface area contributed by atoms with E-state index in [1.54, 1.807) is 0 Å². The minimum absolute atomic E-state index is 1.16. The smallest absolute Gasteiger partial charge is 0.169 e. The van der Waals surface area contributed by atoms with Crippen LogP contribution in [-0.2, 0) is 13.0 Å². The third-order valence-electron chi connectivity index (χ3n) is 3.80. The van der Waals surface area contributed by atoms with E-state index in [-0.39, 0.29) is 0 Å². The number of unbranched alkanes of at least 4 members (excludes halogenated alkanes) is 7. The van der Waals surface area contributed by atoms with Gasteiger partial charge in [-0.05, 0) is 18.4 Å². The number of nitrogens with zero attached hydrogens (tertiary/aromatic N) is 1. The lowest BCUT2D eigenvalue weighted by atomic mass is 10.1. The van der Waals surface area contributed by atoms with Crippen LogP contribution in [0.2, 0.25) is 0 Å². The summed E-state index contributed by atoms with van der Waals surface area (Å²) in [5.74, 6) is 0. The summed E-state index contributed by atoms with van der Waals surface area (Å²) in [6.07, 6.45) is 18.1. The van der Waals surface area contributed by atoms with Crippen LogP contribution in [-0.4, -0.2) is 0 Å². The molecule has 108 valence electrons. The minimum Gasteiger partial charge on any atom is -0.205 e. The molecule has 0 saturated carbocycles. The lowest BCUT2D eigenvalue weighted by Crippen LogP contribution is -2.32. The van der Waals surface area contributed by atoms with Crippen molar-refractivity contribution < 1.29 is 4.57 Å². The summed E-state index contributed by atoms with van der Waals surface area (Å²) >= 11 is 0. The summed E-state index contributed by atoms with van der Waals surface area (Å²) in [6.45, 7) is 5.69. The summed E-state index contributed by atoms with van der Waals surface area (Å²) in [5.41, 5.74) is 1.50. The maximum atomic E-state index is 2.30. The summed E-state index contributed by atoms with van der Waals surface area (Å²) in [7, 11) is 0. The highest BCUT2D eigenvalue weighted by Gasteiger charge is 2.00. The van der Waals surface area contributed by atoms with Crippen molar-refractivity contribution in [2.45, 2.75) is 84.6 Å². The van der Waals surface area contributed by atoms with Gasteiger partial charge >= 0.3 is 0 Å². The molecule has 0 aliphatic heterocycles. The molecule has 1 aromatic heterocycles. The van der Waals surface area contributed by atoms with Crippen LogP contribution in [0.4, 0.5) is 0 Å². The molecule has 0 fully saturated rings. The molecule has 0 amide bonds. The van der Waals surface area contributed by atoms with Crippen molar-refractivity contribution in [3.8, 4) is 0 Å². The second kappa shape index (κ2) is 11.0. The van der Waals surface area contributed by atoms with Crippen LogP contribution in [0.25, 0.3) is 0 Å². The Labute approximate surface area is 120 Å². The van der Waals surface area contributed by atoms with Gasteiger partial charge in [0.2, 0.25) is 0 Å². The zero-order chi connectivity index (χ0) is 13.8. The second-order valence-corrected chi connectivity index (χ2v) is 5.67. The highest BCUT2D eigenvalue weighted by atomic mass is 14.9. The molecule has 1 heterocycles. The first-order valence-corrected chi connectivity index (χ1v) is 8.34. The van der Waals surface area contributed by atoms with Crippen LogP contribution in [0.5, 0.6) is 0 Å². The SMILES string of the molecule is CCCCCCCCCc1cc[n+](CCCC)cc1. The van der Waals surface area contributed by atoms with Gasteiger partial charge in [0, 0.05) is 18.6 Å². The van der Waals surface area contributed by atoms with E-state index >= 15 is 0 Å². The van der Waals surface area contributed by atoms with E-state index in [0.29, 0.717) is 0 Å². The summed E-state index contributed by atoms with van der Waals surface area (Å²) in [6, 6.07) is 4.60. The van der Waals surface area contributed by atoms with E-state index in [4.69, 9.17) is 0 Å². The quantitative estimate of drug-likeness (QED) is 0.387. The third kappa shape index (κ3) is 8.02. The number of hydrogen-bond acceptors (Lipinski definition) is 0. The molecule has 1 nitrogen and oxygen atoms in total. The predicted molar refractivity (Wildman–Crippen MR) is 83.2 cm³/mol. The van der Waals surface area contributed by atoms with E-state index < -0.39 is 0 Å². The van der Waals surface area contributed by atoms with Gasteiger partial charge in [0.05, 0.1) is 0 Å². The highest BCUT2D eigenvalue weighted by molar-refractivity contribution is 5.07. The maximum Gasteiger partial charge on any atom is 0.169 e. The Hall–Kier alpha value is -0.850. The predicted octanol–water partition coefficient (Wildman–Crippen LogP) is 5.07. The Bertz CT molecular complexity index is 302. The molecule has 0 aromatic carbocycles. The van der Waals surface area contributed by atoms with Crippen molar-refractivity contribution in [3.05, 3.63) is 30.1 Å². The Morgan fingerprint density at radius 3 is 1.95 bits per heavy atom. The van der Waals surface area contributed by atoms with Gasteiger partial charge in [-0.25, -0.2) is 4.57 Å². The van der Waals surface area contributed by atoms with Crippen LogP contribution >= 0.6 is 0 Å². The molecule has 1 aromatic rings. The Morgan fingerprint density at radius 1 is 0.737 bits per heavy atom. The molecule has 1 rings (SSSR count). The fraction of sp³-hybridized carbons (Fsp3) is 0.722. The number of pyridine rings is 1. The highest BCUT2D eigenvalue weighted by Crippen LogP contribution is 2.09. The van der Waals surface area contributed by atoms with Crippen LogP contribution in [0, 0.1) is 0 Å². The molecule has 1 heteroatoms. The van der Waals surface area contributed by atoms with E-state index in [1.165, 1.54) is 69.8 Å². The molecule has 0 saturated heterocycles. The third-order valence-corrected chi connectivity index (χ3v) is 3.80. The number of hydrogen-bond donors (Lipinski definition) is 0. The summed E-state index contributed by atoms with van der Waals surface area (Å²) in [5, 5.41) is 0. The van der Waals surface area contributed by atoms with Crippen molar-refractivity contribution in [2.75, 3.05) is 0 Å². The van der Waals surface area contributed by atoms with Gasteiger partial charge < -0.3 is 0 Å². The Morgan fingerprint density at radius 2 is 1.32 bits per heavy atom. The van der Waals surface area contributed by atoms with Gasteiger partial charge in [-0.2, -0.15) is 0 Å². The zero-order valence-electron chi connectivity index (χ0n) is 13.0. The van der Waals surface area contributed by atoms with E-state index in [2.05, 4.69) is 42.9 Å².